The molecule has 0 aliphatic carbocycles. The normalized spacial score (nSPS) is 17.1. The Morgan fingerprint density at radius 2 is 2.08 bits per heavy atom. The molecular weight excluding hydrogens is 324 g/mol. The van der Waals surface area contributed by atoms with E-state index in [4.69, 9.17) is 5.11 Å². The minimum Gasteiger partial charge on any atom is -0.476 e. The van der Waals surface area contributed by atoms with Gasteiger partial charge >= 0.3 is 5.97 Å². The van der Waals surface area contributed by atoms with E-state index in [1.807, 2.05) is 24.1 Å². The highest BCUT2D eigenvalue weighted by atomic mass is 16.6. The fourth-order valence-electron chi connectivity index (χ4n) is 3.06. The third-order valence-corrected chi connectivity index (χ3v) is 4.43. The van der Waals surface area contributed by atoms with E-state index in [2.05, 4.69) is 32.4 Å². The molecule has 2 N–H and O–H groups in total. The van der Waals surface area contributed by atoms with Gasteiger partial charge in [0.2, 0.25) is 11.6 Å². The number of carboxylic acids is 1. The number of hydrogen-bond acceptors (Lipinski definition) is 6. The van der Waals surface area contributed by atoms with E-state index in [1.165, 1.54) is 11.1 Å². The van der Waals surface area contributed by atoms with Gasteiger partial charge in [0.25, 0.3) is 0 Å². The Morgan fingerprint density at radius 1 is 1.32 bits per heavy atom. The first-order valence-corrected chi connectivity index (χ1v) is 8.15. The van der Waals surface area contributed by atoms with Gasteiger partial charge in [0.1, 0.15) is 5.69 Å². The molecule has 1 aromatic heterocycles. The van der Waals surface area contributed by atoms with Gasteiger partial charge in [-0.2, -0.15) is 0 Å². The molecule has 0 bridgehead atoms. The summed E-state index contributed by atoms with van der Waals surface area (Å²) >= 11 is 0. The number of carbonyl (C=O) groups excluding carboxylic acids is 1. The number of hydrogen-bond donors (Lipinski definition) is 2. The van der Waals surface area contributed by atoms with Gasteiger partial charge in [-0.25, -0.2) is 9.42 Å². The Balaban J connectivity index is 1.50. The van der Waals surface area contributed by atoms with Crippen LogP contribution in [0.1, 0.15) is 33.7 Å². The predicted molar refractivity (Wildman–Crippen MR) is 88.0 cm³/mol. The topological polar surface area (TPSA) is 109 Å². The van der Waals surface area contributed by atoms with Crippen molar-refractivity contribution in [1.29, 1.82) is 0 Å². The molecule has 2 heterocycles. The first-order valence-electron chi connectivity index (χ1n) is 8.15. The molecule has 0 radical (unpaired) electrons. The molecule has 1 unspecified atom stereocenters. The summed E-state index contributed by atoms with van der Waals surface area (Å²) in [5.41, 5.74) is 2.59. The number of carboxylic acid groups (broad SMARTS) is 1. The molecule has 1 aliphatic heterocycles. The third-order valence-electron chi connectivity index (χ3n) is 4.43. The number of carbonyl (C=O) groups is 2. The molecule has 1 amide bonds. The summed E-state index contributed by atoms with van der Waals surface area (Å²) in [7, 11) is 1.94. The average Bonchev–Trinajstić information content (AvgIpc) is 3.06. The minimum absolute atomic E-state index is 0.0197. The van der Waals surface area contributed by atoms with Gasteiger partial charge in [0.15, 0.2) is 0 Å². The molecule has 3 rings (SSSR count). The van der Waals surface area contributed by atoms with Gasteiger partial charge in [0, 0.05) is 13.1 Å². The molecule has 8 heteroatoms. The molecule has 132 valence electrons. The zero-order valence-corrected chi connectivity index (χ0v) is 13.9. The number of nitrogens with one attached hydrogen (secondary N) is 1. The van der Waals surface area contributed by atoms with Gasteiger partial charge in [-0.15, -0.1) is 0 Å². The number of aryl methyl sites for hydroxylation is 1. The van der Waals surface area contributed by atoms with Crippen molar-refractivity contribution < 1.29 is 19.3 Å². The van der Waals surface area contributed by atoms with Crippen LogP contribution in [0.3, 0.4) is 0 Å². The average molecular weight is 344 g/mol. The highest BCUT2D eigenvalue weighted by Gasteiger charge is 2.28. The van der Waals surface area contributed by atoms with E-state index in [0.29, 0.717) is 31.5 Å². The number of amides is 1. The van der Waals surface area contributed by atoms with Crippen molar-refractivity contribution in [2.45, 2.75) is 31.8 Å². The third kappa shape index (κ3) is 3.85. The smallest absolute Gasteiger partial charge is 0.360 e. The lowest BCUT2D eigenvalue weighted by molar-refractivity contribution is -0.126. The van der Waals surface area contributed by atoms with Crippen molar-refractivity contribution in [1.82, 2.24) is 20.5 Å². The lowest BCUT2D eigenvalue weighted by Gasteiger charge is -2.33. The first-order chi connectivity index (χ1) is 12.1. The molecule has 25 heavy (non-hydrogen) atoms. The Labute approximate surface area is 144 Å². The Morgan fingerprint density at radius 3 is 2.84 bits per heavy atom. The van der Waals surface area contributed by atoms with Crippen molar-refractivity contribution in [2.24, 2.45) is 0 Å². The fraction of sp³-hybridized carbons (Fsp3) is 0.412. The van der Waals surface area contributed by atoms with E-state index in [-0.39, 0.29) is 17.6 Å². The first kappa shape index (κ1) is 17.1. The molecule has 0 spiro atoms. The zero-order chi connectivity index (χ0) is 17.8. The van der Waals surface area contributed by atoms with Crippen LogP contribution in [0.25, 0.3) is 0 Å². The number of likely N-dealkylation sites (N-methyl/N-ethyl adjacent to an activating group) is 1. The van der Waals surface area contributed by atoms with Crippen LogP contribution in [0.4, 0.5) is 0 Å². The molecule has 0 fully saturated rings. The molecule has 0 saturated carbocycles. The number of nitrogens with zero attached hydrogens (tertiary/aromatic N) is 3. The van der Waals surface area contributed by atoms with E-state index in [0.717, 1.165) is 6.54 Å². The molecule has 1 aromatic carbocycles. The molecule has 1 atom stereocenters. The van der Waals surface area contributed by atoms with Crippen LogP contribution in [0.5, 0.6) is 0 Å². The second kappa shape index (κ2) is 7.43. The molecule has 2 aromatic rings. The minimum atomic E-state index is -1.16. The summed E-state index contributed by atoms with van der Waals surface area (Å²) in [6.45, 7) is 1.19. The molecule has 0 saturated heterocycles. The Kier molecular flexibility index (Phi) is 5.08. The number of benzene rings is 1. The van der Waals surface area contributed by atoms with E-state index in [9.17, 15) is 9.59 Å². The monoisotopic (exact) mass is 344 g/mol. The van der Waals surface area contributed by atoms with Crippen molar-refractivity contribution >= 4 is 11.9 Å². The standard InChI is InChI=1S/C17H20N4O4/c1-21-10-12-6-3-2-5-11(12)9-14(21)16(22)18-8-4-7-13-15(17(23)24)20-25-19-13/h2-3,5-6,14H,4,7-10H2,1H3,(H,18,22)(H,23,24). The quantitative estimate of drug-likeness (QED) is 0.749. The number of aromatic carboxylic acids is 1. The van der Waals surface area contributed by atoms with Crippen LogP contribution >= 0.6 is 0 Å². The lowest BCUT2D eigenvalue weighted by atomic mass is 9.94. The van der Waals surface area contributed by atoms with Crippen LogP contribution in [0, 0.1) is 0 Å². The maximum atomic E-state index is 12.5. The van der Waals surface area contributed by atoms with Gasteiger partial charge in [0.05, 0.1) is 6.04 Å². The van der Waals surface area contributed by atoms with Crippen molar-refractivity contribution in [3.8, 4) is 0 Å². The highest BCUT2D eigenvalue weighted by molar-refractivity contribution is 5.86. The largest absolute Gasteiger partial charge is 0.476 e. The summed E-state index contributed by atoms with van der Waals surface area (Å²) in [6, 6.07) is 7.96. The highest BCUT2D eigenvalue weighted by Crippen LogP contribution is 2.21. The van der Waals surface area contributed by atoms with Crippen LogP contribution < -0.4 is 5.32 Å². The number of rotatable bonds is 6. The van der Waals surface area contributed by atoms with Crippen LogP contribution in [0.2, 0.25) is 0 Å². The number of fused-ring (bicyclic) bond motifs is 1. The predicted octanol–water partition coefficient (Wildman–Crippen LogP) is 0.873. The second-order valence-corrected chi connectivity index (χ2v) is 6.16. The van der Waals surface area contributed by atoms with E-state index in [1.54, 1.807) is 0 Å². The maximum Gasteiger partial charge on any atom is 0.360 e. The van der Waals surface area contributed by atoms with E-state index < -0.39 is 5.97 Å². The summed E-state index contributed by atoms with van der Waals surface area (Å²) < 4.78 is 4.45. The second-order valence-electron chi connectivity index (χ2n) is 6.16. The lowest BCUT2D eigenvalue weighted by Crippen LogP contribution is -2.48. The van der Waals surface area contributed by atoms with Gasteiger partial charge in [-0.05, 0) is 42.6 Å². The summed E-state index contributed by atoms with van der Waals surface area (Å²) in [6.07, 6.45) is 1.64. The number of aromatic nitrogens is 2. The van der Waals surface area contributed by atoms with Gasteiger partial charge in [-0.1, -0.05) is 29.4 Å². The van der Waals surface area contributed by atoms with Crippen molar-refractivity contribution in [3.63, 3.8) is 0 Å². The maximum absolute atomic E-state index is 12.5. The fourth-order valence-corrected chi connectivity index (χ4v) is 3.06. The van der Waals surface area contributed by atoms with Crippen molar-refractivity contribution in [3.05, 3.63) is 46.8 Å². The van der Waals surface area contributed by atoms with Crippen LogP contribution in [-0.4, -0.2) is 51.8 Å². The summed E-state index contributed by atoms with van der Waals surface area (Å²) in [5.74, 6) is -1.18. The summed E-state index contributed by atoms with van der Waals surface area (Å²) in [5, 5.41) is 18.8. The molecule has 1 aliphatic rings. The molecule has 8 nitrogen and oxygen atoms in total. The van der Waals surface area contributed by atoms with Crippen molar-refractivity contribution in [2.75, 3.05) is 13.6 Å². The van der Waals surface area contributed by atoms with Crippen LogP contribution in [-0.2, 0) is 24.2 Å². The van der Waals surface area contributed by atoms with Gasteiger partial charge < -0.3 is 10.4 Å². The zero-order valence-electron chi connectivity index (χ0n) is 13.9. The van der Waals surface area contributed by atoms with E-state index >= 15 is 0 Å². The Bertz CT molecular complexity index is 774. The summed E-state index contributed by atoms with van der Waals surface area (Å²) in [4.78, 5) is 25.4. The SMILES string of the molecule is CN1Cc2ccccc2CC1C(=O)NCCCc1nonc1C(=O)O. The Hall–Kier alpha value is -2.74. The molecular formula is C17H20N4O4. The van der Waals surface area contributed by atoms with Crippen LogP contribution in [0.15, 0.2) is 28.9 Å². The van der Waals surface area contributed by atoms with Gasteiger partial charge in [-0.3, -0.25) is 9.69 Å².